The Bertz CT molecular complexity index is 773. The van der Waals surface area contributed by atoms with Crippen molar-refractivity contribution in [1.82, 2.24) is 9.97 Å². The predicted molar refractivity (Wildman–Crippen MR) is 74.4 cm³/mol. The van der Waals surface area contributed by atoms with Crippen molar-refractivity contribution < 1.29 is 13.2 Å². The van der Waals surface area contributed by atoms with E-state index in [9.17, 15) is 13.2 Å². The number of nitrogens with one attached hydrogen (secondary N) is 1. The normalized spacial score (nSPS) is 12.0. The van der Waals surface area contributed by atoms with Crippen molar-refractivity contribution in [2.24, 2.45) is 5.73 Å². The number of nitrogens with two attached hydrogens (primary N) is 1. The first-order valence-electron chi connectivity index (χ1n) is 6.33. The monoisotopic (exact) mass is 291 g/mol. The quantitative estimate of drug-likeness (QED) is 0.756. The molecule has 0 amide bonds. The molecule has 3 nitrogen and oxygen atoms in total. The zero-order valence-corrected chi connectivity index (χ0v) is 10.9. The SMILES string of the molecule is NCc1ccc(-c2cc3cccc(C(F)(F)F)c3[nH]2)nc1. The zero-order chi connectivity index (χ0) is 15.0. The molecule has 108 valence electrons. The molecule has 3 N–H and O–H groups in total. The predicted octanol–water partition coefficient (Wildman–Crippen LogP) is 3.71. The smallest absolute Gasteiger partial charge is 0.353 e. The summed E-state index contributed by atoms with van der Waals surface area (Å²) in [6, 6.07) is 9.30. The van der Waals surface area contributed by atoms with Crippen LogP contribution in [0.3, 0.4) is 0 Å². The molecule has 0 unspecified atom stereocenters. The van der Waals surface area contributed by atoms with Crippen molar-refractivity contribution in [3.05, 3.63) is 53.7 Å². The third-order valence-corrected chi connectivity index (χ3v) is 3.30. The van der Waals surface area contributed by atoms with Gasteiger partial charge in [0.2, 0.25) is 0 Å². The van der Waals surface area contributed by atoms with Crippen LogP contribution in [0.4, 0.5) is 13.2 Å². The van der Waals surface area contributed by atoms with Crippen molar-refractivity contribution in [2.45, 2.75) is 12.7 Å². The second kappa shape index (κ2) is 4.89. The number of hydrogen-bond acceptors (Lipinski definition) is 2. The van der Waals surface area contributed by atoms with Crippen LogP contribution in [0.1, 0.15) is 11.1 Å². The Kier molecular flexibility index (Phi) is 3.17. The van der Waals surface area contributed by atoms with Crippen LogP contribution in [0.15, 0.2) is 42.6 Å². The van der Waals surface area contributed by atoms with Gasteiger partial charge in [-0.2, -0.15) is 13.2 Å². The fraction of sp³-hybridized carbons (Fsp3) is 0.133. The summed E-state index contributed by atoms with van der Waals surface area (Å²) in [4.78, 5) is 7.03. The third-order valence-electron chi connectivity index (χ3n) is 3.30. The number of aromatic amines is 1. The number of H-pyrrole nitrogens is 1. The summed E-state index contributed by atoms with van der Waals surface area (Å²) in [7, 11) is 0. The second-order valence-corrected chi connectivity index (χ2v) is 4.71. The molecule has 3 rings (SSSR count). The van der Waals surface area contributed by atoms with E-state index in [1.807, 2.05) is 0 Å². The number of alkyl halides is 3. The van der Waals surface area contributed by atoms with E-state index >= 15 is 0 Å². The summed E-state index contributed by atoms with van der Waals surface area (Å²) in [5.74, 6) is 0. The van der Waals surface area contributed by atoms with E-state index in [0.717, 1.165) is 11.6 Å². The van der Waals surface area contributed by atoms with Crippen molar-refractivity contribution >= 4 is 10.9 Å². The summed E-state index contributed by atoms with van der Waals surface area (Å²) in [5, 5.41) is 0.504. The molecule has 0 fully saturated rings. The van der Waals surface area contributed by atoms with Gasteiger partial charge < -0.3 is 10.7 Å². The third kappa shape index (κ3) is 2.50. The molecule has 1 aromatic carbocycles. The van der Waals surface area contributed by atoms with E-state index in [4.69, 9.17) is 5.73 Å². The lowest BCUT2D eigenvalue weighted by molar-refractivity contribution is -0.136. The lowest BCUT2D eigenvalue weighted by atomic mass is 10.1. The van der Waals surface area contributed by atoms with Gasteiger partial charge in [-0.1, -0.05) is 18.2 Å². The molecule has 0 aliphatic heterocycles. The van der Waals surface area contributed by atoms with E-state index < -0.39 is 11.7 Å². The van der Waals surface area contributed by atoms with Gasteiger partial charge in [0.1, 0.15) is 0 Å². The van der Waals surface area contributed by atoms with Crippen LogP contribution >= 0.6 is 0 Å². The number of halogens is 3. The summed E-state index contributed by atoms with van der Waals surface area (Å²) >= 11 is 0. The molecule has 0 saturated carbocycles. The molecule has 0 aliphatic rings. The van der Waals surface area contributed by atoms with Crippen LogP contribution in [0.2, 0.25) is 0 Å². The number of pyridine rings is 1. The van der Waals surface area contributed by atoms with Gasteiger partial charge in [0.15, 0.2) is 0 Å². The Morgan fingerprint density at radius 3 is 2.57 bits per heavy atom. The number of para-hydroxylation sites is 1. The van der Waals surface area contributed by atoms with Gasteiger partial charge in [-0.05, 0) is 23.8 Å². The lowest BCUT2D eigenvalue weighted by Gasteiger charge is -2.07. The van der Waals surface area contributed by atoms with Gasteiger partial charge >= 0.3 is 6.18 Å². The molecular formula is C15H12F3N3. The standard InChI is InChI=1S/C15H12F3N3/c16-15(17,18)11-3-1-2-10-6-13(21-14(10)11)12-5-4-9(7-19)8-20-12/h1-6,8,21H,7,19H2. The van der Waals surface area contributed by atoms with Crippen molar-refractivity contribution in [3.8, 4) is 11.4 Å². The molecular weight excluding hydrogens is 279 g/mol. The van der Waals surface area contributed by atoms with Crippen molar-refractivity contribution in [3.63, 3.8) is 0 Å². The van der Waals surface area contributed by atoms with Crippen LogP contribution in [-0.2, 0) is 12.7 Å². The molecule has 2 heterocycles. The highest BCUT2D eigenvalue weighted by molar-refractivity contribution is 5.88. The Morgan fingerprint density at radius 2 is 1.95 bits per heavy atom. The fourth-order valence-corrected chi connectivity index (χ4v) is 2.23. The van der Waals surface area contributed by atoms with Crippen LogP contribution < -0.4 is 5.73 Å². The number of rotatable bonds is 2. The number of fused-ring (bicyclic) bond motifs is 1. The summed E-state index contributed by atoms with van der Waals surface area (Å²) in [6.45, 7) is 0.373. The number of nitrogens with zero attached hydrogens (tertiary/aromatic N) is 1. The topological polar surface area (TPSA) is 54.7 Å². The summed E-state index contributed by atoms with van der Waals surface area (Å²) < 4.78 is 38.9. The minimum Gasteiger partial charge on any atom is -0.353 e. The van der Waals surface area contributed by atoms with Gasteiger partial charge in [0.05, 0.1) is 22.5 Å². The molecule has 21 heavy (non-hydrogen) atoms. The average Bonchev–Trinajstić information content (AvgIpc) is 2.90. The molecule has 0 spiro atoms. The van der Waals surface area contributed by atoms with Crippen LogP contribution in [0.25, 0.3) is 22.3 Å². The van der Waals surface area contributed by atoms with Gasteiger partial charge in [-0.15, -0.1) is 0 Å². The largest absolute Gasteiger partial charge is 0.418 e. The first-order chi connectivity index (χ1) is 9.99. The Balaban J connectivity index is 2.12. The highest BCUT2D eigenvalue weighted by Gasteiger charge is 2.33. The average molecular weight is 291 g/mol. The molecule has 0 bridgehead atoms. The van der Waals surface area contributed by atoms with Crippen molar-refractivity contribution in [1.29, 1.82) is 0 Å². The highest BCUT2D eigenvalue weighted by atomic mass is 19.4. The van der Waals surface area contributed by atoms with E-state index in [1.165, 1.54) is 6.07 Å². The number of hydrogen-bond donors (Lipinski definition) is 2. The first kappa shape index (κ1) is 13.6. The molecule has 0 saturated heterocycles. The Hall–Kier alpha value is -2.34. The summed E-state index contributed by atoms with van der Waals surface area (Å²) in [6.07, 6.45) is -2.77. The van der Waals surface area contributed by atoms with Gasteiger partial charge in [-0.25, -0.2) is 0 Å². The maximum Gasteiger partial charge on any atom is 0.418 e. The molecule has 0 atom stereocenters. The van der Waals surface area contributed by atoms with Gasteiger partial charge in [0, 0.05) is 18.1 Å². The van der Waals surface area contributed by atoms with Crippen LogP contribution in [-0.4, -0.2) is 9.97 Å². The Labute approximate surface area is 118 Å². The molecule has 0 radical (unpaired) electrons. The zero-order valence-electron chi connectivity index (χ0n) is 10.9. The first-order valence-corrected chi connectivity index (χ1v) is 6.33. The number of benzene rings is 1. The van der Waals surface area contributed by atoms with Crippen LogP contribution in [0, 0.1) is 0 Å². The van der Waals surface area contributed by atoms with Crippen molar-refractivity contribution in [2.75, 3.05) is 0 Å². The lowest BCUT2D eigenvalue weighted by Crippen LogP contribution is -2.05. The van der Waals surface area contributed by atoms with E-state index in [1.54, 1.807) is 30.5 Å². The maximum absolute atomic E-state index is 13.0. The summed E-state index contributed by atoms with van der Waals surface area (Å²) in [5.41, 5.74) is 6.89. The number of aromatic nitrogens is 2. The fourth-order valence-electron chi connectivity index (χ4n) is 2.23. The van der Waals surface area contributed by atoms with Crippen LogP contribution in [0.5, 0.6) is 0 Å². The minimum atomic E-state index is -4.39. The highest BCUT2D eigenvalue weighted by Crippen LogP contribution is 2.35. The van der Waals surface area contributed by atoms with Gasteiger partial charge in [-0.3, -0.25) is 4.98 Å². The Morgan fingerprint density at radius 1 is 1.14 bits per heavy atom. The van der Waals surface area contributed by atoms with E-state index in [-0.39, 0.29) is 5.52 Å². The van der Waals surface area contributed by atoms with E-state index in [0.29, 0.717) is 23.3 Å². The second-order valence-electron chi connectivity index (χ2n) is 4.71. The van der Waals surface area contributed by atoms with Gasteiger partial charge in [0.25, 0.3) is 0 Å². The molecule has 2 aromatic heterocycles. The maximum atomic E-state index is 13.0. The molecule has 6 heteroatoms. The molecule has 3 aromatic rings. The molecule has 0 aliphatic carbocycles. The minimum absolute atomic E-state index is 0.0738. The van der Waals surface area contributed by atoms with E-state index in [2.05, 4.69) is 9.97 Å².